The summed E-state index contributed by atoms with van der Waals surface area (Å²) in [7, 11) is -3.97. The maximum absolute atomic E-state index is 12.4. The Kier molecular flexibility index (Phi) is 4.95. The van der Waals surface area contributed by atoms with Crippen LogP contribution in [-0.4, -0.2) is 24.3 Å². The van der Waals surface area contributed by atoms with Crippen molar-refractivity contribution < 1.29 is 17.6 Å². The van der Waals surface area contributed by atoms with E-state index in [0.29, 0.717) is 28.4 Å². The number of anilines is 1. The van der Waals surface area contributed by atoms with Crippen molar-refractivity contribution in [3.05, 3.63) is 70.1 Å². The highest BCUT2D eigenvalue weighted by molar-refractivity contribution is 7.94. The van der Waals surface area contributed by atoms with Crippen LogP contribution in [0.15, 0.2) is 52.0 Å². The molecule has 1 N–H and O–H groups in total. The number of carbonyl (C=O) groups excluding carboxylic acids is 1. The molecule has 0 spiro atoms. The van der Waals surface area contributed by atoms with E-state index in [1.165, 1.54) is 30.5 Å². The van der Waals surface area contributed by atoms with Crippen LogP contribution in [0.25, 0.3) is 4.72 Å². The highest BCUT2D eigenvalue weighted by Crippen LogP contribution is 2.26. The lowest BCUT2D eigenvalue weighted by atomic mass is 10.2. The van der Waals surface area contributed by atoms with Gasteiger partial charge in [0.05, 0.1) is 16.7 Å². The average Bonchev–Trinajstić information content (AvgIpc) is 3.00. The lowest BCUT2D eigenvalue weighted by molar-refractivity contribution is 0.102. The summed E-state index contributed by atoms with van der Waals surface area (Å²) in [6.07, 6.45) is 1.43. The van der Waals surface area contributed by atoms with Crippen molar-refractivity contribution in [1.29, 1.82) is 0 Å². The third-order valence-electron chi connectivity index (χ3n) is 3.69. The molecule has 0 saturated heterocycles. The van der Waals surface area contributed by atoms with E-state index in [1.807, 2.05) is 0 Å². The number of furan rings is 1. The van der Waals surface area contributed by atoms with Crippen LogP contribution in [0.4, 0.5) is 11.6 Å². The second-order valence-corrected chi connectivity index (χ2v) is 7.49. The fourth-order valence-electron chi connectivity index (χ4n) is 2.44. The molecule has 0 fully saturated rings. The number of hydrogen-bond acceptors (Lipinski definition) is 6. The van der Waals surface area contributed by atoms with Crippen LogP contribution in [0.2, 0.25) is 0 Å². The second kappa shape index (κ2) is 7.20. The third kappa shape index (κ3) is 4.32. The van der Waals surface area contributed by atoms with Crippen LogP contribution >= 0.6 is 0 Å². The van der Waals surface area contributed by atoms with Crippen molar-refractivity contribution in [2.45, 2.75) is 25.7 Å². The van der Waals surface area contributed by atoms with Crippen molar-refractivity contribution in [3.8, 4) is 0 Å². The van der Waals surface area contributed by atoms with Gasteiger partial charge in [-0.15, -0.1) is 0 Å². The molecular formula is C18H17N4O4S-. The predicted molar refractivity (Wildman–Crippen MR) is 99.6 cm³/mol. The number of amides is 1. The van der Waals surface area contributed by atoms with E-state index in [-0.39, 0.29) is 16.8 Å². The van der Waals surface area contributed by atoms with Gasteiger partial charge in [-0.2, -0.15) is 0 Å². The summed E-state index contributed by atoms with van der Waals surface area (Å²) in [6, 6.07) is 8.98. The number of sulfonamides is 1. The van der Waals surface area contributed by atoms with E-state index in [1.54, 1.807) is 32.9 Å². The zero-order valence-corrected chi connectivity index (χ0v) is 15.7. The summed E-state index contributed by atoms with van der Waals surface area (Å²) in [5, 5.41) is 2.68. The van der Waals surface area contributed by atoms with Crippen LogP contribution in [0, 0.1) is 20.8 Å². The van der Waals surface area contributed by atoms with Crippen molar-refractivity contribution >= 4 is 27.6 Å². The minimum absolute atomic E-state index is 0.0252. The molecule has 0 bridgehead atoms. The molecule has 1 amide bonds. The first-order valence-electron chi connectivity index (χ1n) is 8.00. The summed E-state index contributed by atoms with van der Waals surface area (Å²) in [6.45, 7) is 5.15. The van der Waals surface area contributed by atoms with Crippen molar-refractivity contribution in [2.24, 2.45) is 0 Å². The standard InChI is InChI=1S/C18H18N4O4S/c1-11-10-12(2)20-18(19-11)22-27(24,25)15-6-4-14(5-7-15)21-17(23)16-8-9-26-13(16)3/h4-10H,1-3H3,(H2,19,20,21,22,23)/p-1. The van der Waals surface area contributed by atoms with Crippen molar-refractivity contribution in [1.82, 2.24) is 9.97 Å². The fourth-order valence-corrected chi connectivity index (χ4v) is 3.32. The number of aryl methyl sites for hydroxylation is 3. The molecule has 0 atom stereocenters. The quantitative estimate of drug-likeness (QED) is 0.717. The van der Waals surface area contributed by atoms with E-state index >= 15 is 0 Å². The van der Waals surface area contributed by atoms with E-state index in [2.05, 4.69) is 20.0 Å². The lowest BCUT2D eigenvalue weighted by Crippen LogP contribution is -2.12. The van der Waals surface area contributed by atoms with Gasteiger partial charge in [0.1, 0.15) is 5.76 Å². The Morgan fingerprint density at radius 2 is 1.67 bits per heavy atom. The van der Waals surface area contributed by atoms with E-state index in [4.69, 9.17) is 4.42 Å². The van der Waals surface area contributed by atoms with Crippen LogP contribution in [-0.2, 0) is 10.0 Å². The van der Waals surface area contributed by atoms with Crippen molar-refractivity contribution in [3.63, 3.8) is 0 Å². The largest absolute Gasteiger partial charge is 0.469 e. The maximum atomic E-state index is 12.4. The molecule has 27 heavy (non-hydrogen) atoms. The molecule has 2 heterocycles. The van der Waals surface area contributed by atoms with E-state index in [0.717, 1.165) is 0 Å². The topological polar surface area (TPSA) is 116 Å². The van der Waals surface area contributed by atoms with Gasteiger partial charge in [0.15, 0.2) is 0 Å². The third-order valence-corrected chi connectivity index (χ3v) is 4.96. The molecule has 0 aliphatic carbocycles. The average molecular weight is 385 g/mol. The van der Waals surface area contributed by atoms with Gasteiger partial charge < -0.3 is 19.7 Å². The van der Waals surface area contributed by atoms with Crippen LogP contribution in [0.1, 0.15) is 27.5 Å². The van der Waals surface area contributed by atoms with E-state index in [9.17, 15) is 13.2 Å². The SMILES string of the molecule is Cc1cc(C)nc([N-]S(=O)(=O)c2ccc(NC(=O)c3ccoc3C)cc2)n1. The minimum Gasteiger partial charge on any atom is -0.469 e. The number of benzene rings is 1. The fraction of sp³-hybridized carbons (Fsp3) is 0.167. The first-order valence-corrected chi connectivity index (χ1v) is 9.44. The molecule has 9 heteroatoms. The number of hydrogen-bond donors (Lipinski definition) is 1. The lowest BCUT2D eigenvalue weighted by Gasteiger charge is -2.15. The Morgan fingerprint density at radius 3 is 2.22 bits per heavy atom. The molecule has 0 saturated carbocycles. The zero-order valence-electron chi connectivity index (χ0n) is 14.9. The Morgan fingerprint density at radius 1 is 1.04 bits per heavy atom. The molecule has 3 aromatic rings. The predicted octanol–water partition coefficient (Wildman–Crippen LogP) is 3.64. The zero-order chi connectivity index (χ0) is 19.6. The summed E-state index contributed by atoms with van der Waals surface area (Å²) in [5.41, 5.74) is 2.11. The molecule has 0 unspecified atom stereocenters. The summed E-state index contributed by atoms with van der Waals surface area (Å²) >= 11 is 0. The minimum atomic E-state index is -3.97. The molecule has 3 rings (SSSR count). The molecule has 0 aliphatic heterocycles. The van der Waals surface area contributed by atoms with Gasteiger partial charge in [0.25, 0.3) is 5.91 Å². The maximum Gasteiger partial charge on any atom is 0.259 e. The Bertz CT molecular complexity index is 1070. The van der Waals surface area contributed by atoms with Gasteiger partial charge in [-0.1, -0.05) is 6.07 Å². The molecule has 8 nitrogen and oxygen atoms in total. The first-order chi connectivity index (χ1) is 12.7. The summed E-state index contributed by atoms with van der Waals surface area (Å²) < 4.78 is 33.7. The van der Waals surface area contributed by atoms with E-state index < -0.39 is 10.0 Å². The van der Waals surface area contributed by atoms with Gasteiger partial charge in [0.2, 0.25) is 10.0 Å². The normalized spacial score (nSPS) is 11.2. The highest BCUT2D eigenvalue weighted by atomic mass is 32.2. The molecular weight excluding hydrogens is 368 g/mol. The summed E-state index contributed by atoms with van der Waals surface area (Å²) in [5.74, 6) is 0.0458. The van der Waals surface area contributed by atoms with Gasteiger partial charge in [0, 0.05) is 11.6 Å². The number of nitrogens with one attached hydrogen (secondary N) is 1. The Balaban J connectivity index is 1.75. The monoisotopic (exact) mass is 385 g/mol. The smallest absolute Gasteiger partial charge is 0.259 e. The van der Waals surface area contributed by atoms with Crippen LogP contribution in [0.3, 0.4) is 0 Å². The number of rotatable bonds is 5. The second-order valence-electron chi connectivity index (χ2n) is 5.89. The van der Waals surface area contributed by atoms with Gasteiger partial charge in [-0.05, 0) is 62.5 Å². The number of nitrogens with zero attached hydrogens (tertiary/aromatic N) is 3. The Hall–Kier alpha value is -3.20. The summed E-state index contributed by atoms with van der Waals surface area (Å²) in [4.78, 5) is 20.2. The van der Waals surface area contributed by atoms with Gasteiger partial charge in [-0.3, -0.25) is 9.52 Å². The molecule has 0 aliphatic rings. The van der Waals surface area contributed by atoms with Gasteiger partial charge in [-0.25, -0.2) is 8.42 Å². The molecule has 0 radical (unpaired) electrons. The molecule has 1 aromatic carbocycles. The number of carbonyl (C=O) groups is 1. The van der Waals surface area contributed by atoms with Crippen molar-refractivity contribution in [2.75, 3.05) is 5.32 Å². The Labute approximate surface area is 156 Å². The molecule has 2 aromatic heterocycles. The first kappa shape index (κ1) is 18.6. The number of aromatic nitrogens is 2. The van der Waals surface area contributed by atoms with Gasteiger partial charge >= 0.3 is 0 Å². The van der Waals surface area contributed by atoms with Crippen LogP contribution < -0.4 is 5.32 Å². The molecule has 140 valence electrons. The van der Waals surface area contributed by atoms with Crippen LogP contribution in [0.5, 0.6) is 0 Å². The highest BCUT2D eigenvalue weighted by Gasteiger charge is 2.14.